The van der Waals surface area contributed by atoms with Gasteiger partial charge in [0.15, 0.2) is 0 Å². The molecule has 5 heteroatoms. The van der Waals surface area contributed by atoms with E-state index in [1.807, 2.05) is 4.90 Å². The lowest BCUT2D eigenvalue weighted by Gasteiger charge is -2.44. The first-order valence-electron chi connectivity index (χ1n) is 6.30. The summed E-state index contributed by atoms with van der Waals surface area (Å²) in [5, 5.41) is 3.13. The minimum atomic E-state index is -0.0293. The Morgan fingerprint density at radius 2 is 1.94 bits per heavy atom. The second-order valence-corrected chi connectivity index (χ2v) is 5.35. The molecule has 0 aliphatic carbocycles. The van der Waals surface area contributed by atoms with Gasteiger partial charge >= 0.3 is 6.03 Å². The van der Waals surface area contributed by atoms with E-state index in [9.17, 15) is 9.59 Å². The van der Waals surface area contributed by atoms with Gasteiger partial charge in [-0.1, -0.05) is 0 Å². The van der Waals surface area contributed by atoms with Crippen molar-refractivity contribution in [2.24, 2.45) is 0 Å². The van der Waals surface area contributed by atoms with Crippen LogP contribution in [0, 0.1) is 0 Å². The van der Waals surface area contributed by atoms with Gasteiger partial charge in [0.05, 0.1) is 0 Å². The lowest BCUT2D eigenvalue weighted by molar-refractivity contribution is -0.125. The zero-order valence-corrected chi connectivity index (χ0v) is 10.7. The third-order valence-electron chi connectivity index (χ3n) is 3.84. The highest BCUT2D eigenvalue weighted by molar-refractivity contribution is 5.78. The van der Waals surface area contributed by atoms with Gasteiger partial charge in [0, 0.05) is 39.1 Å². The van der Waals surface area contributed by atoms with E-state index in [0.29, 0.717) is 6.42 Å². The number of likely N-dealkylation sites (tertiary alicyclic amines) is 1. The Labute approximate surface area is 102 Å². The molecule has 17 heavy (non-hydrogen) atoms. The average molecular weight is 239 g/mol. The normalized spacial score (nSPS) is 23.4. The molecule has 0 aromatic carbocycles. The van der Waals surface area contributed by atoms with E-state index in [2.05, 4.69) is 5.32 Å². The molecule has 0 saturated carbocycles. The quantitative estimate of drug-likeness (QED) is 0.680. The first-order chi connectivity index (χ1) is 8.02. The Morgan fingerprint density at radius 1 is 1.29 bits per heavy atom. The Kier molecular flexibility index (Phi) is 3.26. The van der Waals surface area contributed by atoms with Gasteiger partial charge in [-0.25, -0.2) is 4.79 Å². The SMILES string of the molecule is CN(C)C(=O)N1CCC2(CCCC(=O)N2)CC1. The minimum Gasteiger partial charge on any atom is -0.351 e. The number of nitrogens with one attached hydrogen (secondary N) is 1. The summed E-state index contributed by atoms with van der Waals surface area (Å²) in [4.78, 5) is 26.7. The van der Waals surface area contributed by atoms with Crippen LogP contribution < -0.4 is 5.32 Å². The van der Waals surface area contributed by atoms with Crippen molar-refractivity contribution in [1.29, 1.82) is 0 Å². The number of rotatable bonds is 0. The molecule has 3 amide bonds. The zero-order valence-electron chi connectivity index (χ0n) is 10.7. The van der Waals surface area contributed by atoms with Gasteiger partial charge in [-0.15, -0.1) is 0 Å². The highest BCUT2D eigenvalue weighted by atomic mass is 16.2. The molecule has 2 aliphatic heterocycles. The predicted molar refractivity (Wildman–Crippen MR) is 64.6 cm³/mol. The molecule has 2 saturated heterocycles. The number of piperidine rings is 2. The second-order valence-electron chi connectivity index (χ2n) is 5.35. The van der Waals surface area contributed by atoms with Crippen molar-refractivity contribution in [3.8, 4) is 0 Å². The monoisotopic (exact) mass is 239 g/mol. The maximum atomic E-state index is 11.8. The van der Waals surface area contributed by atoms with Crippen LogP contribution in [0.1, 0.15) is 32.1 Å². The van der Waals surface area contributed by atoms with Crippen molar-refractivity contribution >= 4 is 11.9 Å². The third kappa shape index (κ3) is 2.53. The van der Waals surface area contributed by atoms with Crippen LogP contribution in [0.3, 0.4) is 0 Å². The van der Waals surface area contributed by atoms with Crippen LogP contribution in [-0.2, 0) is 4.79 Å². The van der Waals surface area contributed by atoms with Gasteiger partial charge in [-0.3, -0.25) is 4.79 Å². The first kappa shape index (κ1) is 12.2. The minimum absolute atomic E-state index is 0.0293. The Hall–Kier alpha value is -1.26. The number of hydrogen-bond donors (Lipinski definition) is 1. The Bertz CT molecular complexity index is 320. The summed E-state index contributed by atoms with van der Waals surface area (Å²) in [6, 6.07) is 0.0713. The lowest BCUT2D eigenvalue weighted by Crippen LogP contribution is -2.58. The molecule has 0 atom stereocenters. The highest BCUT2D eigenvalue weighted by Gasteiger charge is 2.39. The molecule has 2 aliphatic rings. The van der Waals surface area contributed by atoms with E-state index in [4.69, 9.17) is 0 Å². The molecule has 0 bridgehead atoms. The highest BCUT2D eigenvalue weighted by Crippen LogP contribution is 2.30. The molecule has 0 unspecified atom stereocenters. The smallest absolute Gasteiger partial charge is 0.319 e. The zero-order chi connectivity index (χ0) is 12.5. The number of amides is 3. The van der Waals surface area contributed by atoms with Gasteiger partial charge in [-0.2, -0.15) is 0 Å². The van der Waals surface area contributed by atoms with Crippen molar-refractivity contribution < 1.29 is 9.59 Å². The van der Waals surface area contributed by atoms with Crippen LogP contribution >= 0.6 is 0 Å². The van der Waals surface area contributed by atoms with E-state index < -0.39 is 0 Å². The molecule has 2 rings (SSSR count). The van der Waals surface area contributed by atoms with Crippen LogP contribution in [0.2, 0.25) is 0 Å². The lowest BCUT2D eigenvalue weighted by atomic mass is 9.80. The largest absolute Gasteiger partial charge is 0.351 e. The molecule has 1 N–H and O–H groups in total. The molecule has 2 fully saturated rings. The van der Waals surface area contributed by atoms with Gasteiger partial charge in [0.25, 0.3) is 0 Å². The number of urea groups is 1. The molecule has 0 aromatic rings. The van der Waals surface area contributed by atoms with Crippen molar-refractivity contribution in [1.82, 2.24) is 15.1 Å². The van der Waals surface area contributed by atoms with Crippen molar-refractivity contribution in [3.63, 3.8) is 0 Å². The molecule has 2 heterocycles. The van der Waals surface area contributed by atoms with Gasteiger partial charge < -0.3 is 15.1 Å². The van der Waals surface area contributed by atoms with E-state index in [1.54, 1.807) is 19.0 Å². The summed E-state index contributed by atoms with van der Waals surface area (Å²) >= 11 is 0. The maximum Gasteiger partial charge on any atom is 0.319 e. The summed E-state index contributed by atoms with van der Waals surface area (Å²) in [6.45, 7) is 1.49. The first-order valence-corrected chi connectivity index (χ1v) is 6.30. The van der Waals surface area contributed by atoms with Gasteiger partial charge in [0.2, 0.25) is 5.91 Å². The Morgan fingerprint density at radius 3 is 2.47 bits per heavy atom. The molecular formula is C12H21N3O2. The topological polar surface area (TPSA) is 52.7 Å². The molecular weight excluding hydrogens is 218 g/mol. The molecule has 0 radical (unpaired) electrons. The molecule has 1 spiro atoms. The van der Waals surface area contributed by atoms with Crippen molar-refractivity contribution in [2.75, 3.05) is 27.2 Å². The van der Waals surface area contributed by atoms with Crippen molar-refractivity contribution in [2.45, 2.75) is 37.6 Å². The van der Waals surface area contributed by atoms with E-state index in [1.165, 1.54) is 0 Å². The van der Waals surface area contributed by atoms with Gasteiger partial charge in [-0.05, 0) is 25.7 Å². The summed E-state index contributed by atoms with van der Waals surface area (Å²) in [5.41, 5.74) is -0.0293. The summed E-state index contributed by atoms with van der Waals surface area (Å²) in [5.74, 6) is 0.170. The summed E-state index contributed by atoms with van der Waals surface area (Å²) in [7, 11) is 3.55. The van der Waals surface area contributed by atoms with E-state index >= 15 is 0 Å². The Balaban J connectivity index is 1.93. The second kappa shape index (κ2) is 4.55. The fraction of sp³-hybridized carbons (Fsp3) is 0.833. The van der Waals surface area contributed by atoms with E-state index in [-0.39, 0.29) is 17.5 Å². The predicted octanol–water partition coefficient (Wildman–Crippen LogP) is 0.803. The van der Waals surface area contributed by atoms with E-state index in [0.717, 1.165) is 38.8 Å². The summed E-state index contributed by atoms with van der Waals surface area (Å²) < 4.78 is 0. The molecule has 5 nitrogen and oxygen atoms in total. The average Bonchev–Trinajstić information content (AvgIpc) is 2.29. The van der Waals surface area contributed by atoms with Crippen LogP contribution in [-0.4, -0.2) is 54.5 Å². The van der Waals surface area contributed by atoms with Crippen LogP contribution in [0.25, 0.3) is 0 Å². The number of carbonyl (C=O) groups excluding carboxylic acids is 2. The number of nitrogens with zero attached hydrogens (tertiary/aromatic N) is 2. The number of hydrogen-bond acceptors (Lipinski definition) is 2. The van der Waals surface area contributed by atoms with Gasteiger partial charge in [0.1, 0.15) is 0 Å². The number of carbonyl (C=O) groups is 2. The summed E-state index contributed by atoms with van der Waals surface area (Å²) in [6.07, 6.45) is 4.47. The fourth-order valence-corrected chi connectivity index (χ4v) is 2.79. The van der Waals surface area contributed by atoms with Crippen LogP contribution in [0.5, 0.6) is 0 Å². The van der Waals surface area contributed by atoms with Crippen molar-refractivity contribution in [3.05, 3.63) is 0 Å². The standard InChI is InChI=1S/C12H21N3O2/c1-14(2)11(17)15-8-6-12(7-9-15)5-3-4-10(16)13-12/h3-9H2,1-2H3,(H,13,16). The fourth-order valence-electron chi connectivity index (χ4n) is 2.79. The molecule has 0 aromatic heterocycles. The maximum absolute atomic E-state index is 11.8. The third-order valence-corrected chi connectivity index (χ3v) is 3.84. The van der Waals surface area contributed by atoms with Crippen LogP contribution in [0.4, 0.5) is 4.79 Å². The molecule has 96 valence electrons. The van der Waals surface area contributed by atoms with Crippen LogP contribution in [0.15, 0.2) is 0 Å².